The van der Waals surface area contributed by atoms with Gasteiger partial charge in [-0.2, -0.15) is 0 Å². The van der Waals surface area contributed by atoms with Gasteiger partial charge >= 0.3 is 0 Å². The van der Waals surface area contributed by atoms with E-state index in [-0.39, 0.29) is 34.6 Å². The standard InChI is InChI=1S/C15H27N3O2/c1-14(2,3)11(16)13(20)18-7-8-9(15(8,4)5)10(18)12(19)17-6/h8-11H,7,16H2,1-6H3,(H,17,19)/t8-,9-,10-,11+/m0/s1. The molecule has 1 saturated carbocycles. The maximum atomic E-state index is 12.6. The molecule has 0 spiro atoms. The highest BCUT2D eigenvalue weighted by Gasteiger charge is 2.69. The lowest BCUT2D eigenvalue weighted by Gasteiger charge is -2.35. The van der Waals surface area contributed by atoms with Gasteiger partial charge in [0.15, 0.2) is 0 Å². The van der Waals surface area contributed by atoms with Gasteiger partial charge in [-0.25, -0.2) is 0 Å². The first-order chi connectivity index (χ1) is 9.03. The lowest BCUT2D eigenvalue weighted by atomic mass is 9.86. The van der Waals surface area contributed by atoms with Gasteiger partial charge in [0.05, 0.1) is 6.04 Å². The van der Waals surface area contributed by atoms with E-state index in [1.165, 1.54) is 0 Å². The highest BCUT2D eigenvalue weighted by molar-refractivity contribution is 5.91. The second-order valence-electron chi connectivity index (χ2n) is 7.85. The zero-order chi connectivity index (χ0) is 15.5. The summed E-state index contributed by atoms with van der Waals surface area (Å²) in [5.41, 5.74) is 5.94. The van der Waals surface area contributed by atoms with Gasteiger partial charge in [0, 0.05) is 13.6 Å². The van der Waals surface area contributed by atoms with Gasteiger partial charge in [-0.1, -0.05) is 34.6 Å². The van der Waals surface area contributed by atoms with Crippen molar-refractivity contribution in [3.8, 4) is 0 Å². The van der Waals surface area contributed by atoms with Crippen LogP contribution in [0.5, 0.6) is 0 Å². The van der Waals surface area contributed by atoms with Crippen molar-refractivity contribution < 1.29 is 9.59 Å². The summed E-state index contributed by atoms with van der Waals surface area (Å²) in [4.78, 5) is 26.5. The molecule has 2 fully saturated rings. The summed E-state index contributed by atoms with van der Waals surface area (Å²) in [7, 11) is 1.62. The molecule has 2 aliphatic rings. The number of nitrogens with two attached hydrogens (primary N) is 1. The summed E-state index contributed by atoms with van der Waals surface area (Å²) >= 11 is 0. The third-order valence-corrected chi connectivity index (χ3v) is 5.21. The third-order valence-electron chi connectivity index (χ3n) is 5.21. The predicted molar refractivity (Wildman–Crippen MR) is 77.8 cm³/mol. The van der Waals surface area contributed by atoms with Crippen LogP contribution in [0.2, 0.25) is 0 Å². The second kappa shape index (κ2) is 4.45. The Bertz CT molecular complexity index is 439. The molecule has 0 aromatic rings. The number of fused-ring (bicyclic) bond motifs is 1. The number of nitrogens with one attached hydrogen (secondary N) is 1. The average Bonchev–Trinajstić information content (AvgIpc) is 2.75. The van der Waals surface area contributed by atoms with Crippen molar-refractivity contribution in [2.75, 3.05) is 13.6 Å². The van der Waals surface area contributed by atoms with E-state index in [4.69, 9.17) is 5.73 Å². The van der Waals surface area contributed by atoms with Crippen LogP contribution in [-0.4, -0.2) is 42.4 Å². The van der Waals surface area contributed by atoms with Crippen LogP contribution in [0.3, 0.4) is 0 Å². The van der Waals surface area contributed by atoms with E-state index in [0.717, 1.165) is 0 Å². The molecule has 1 aliphatic heterocycles. The molecule has 5 heteroatoms. The van der Waals surface area contributed by atoms with Gasteiger partial charge < -0.3 is 16.0 Å². The number of likely N-dealkylation sites (tertiary alicyclic amines) is 1. The van der Waals surface area contributed by atoms with Crippen LogP contribution in [0.25, 0.3) is 0 Å². The zero-order valence-electron chi connectivity index (χ0n) is 13.4. The minimum absolute atomic E-state index is 0.0717. The van der Waals surface area contributed by atoms with Gasteiger partial charge in [0.2, 0.25) is 11.8 Å². The normalized spacial score (nSPS) is 32.5. The number of nitrogens with zero attached hydrogens (tertiary/aromatic N) is 1. The second-order valence-corrected chi connectivity index (χ2v) is 7.85. The van der Waals surface area contributed by atoms with Crippen molar-refractivity contribution in [3.05, 3.63) is 0 Å². The van der Waals surface area contributed by atoms with Crippen LogP contribution in [0.4, 0.5) is 0 Å². The molecule has 2 rings (SSSR count). The molecule has 0 bridgehead atoms. The Hall–Kier alpha value is -1.10. The Morgan fingerprint density at radius 2 is 1.90 bits per heavy atom. The molecule has 1 heterocycles. The van der Waals surface area contributed by atoms with Gasteiger partial charge in [0.1, 0.15) is 6.04 Å². The highest BCUT2D eigenvalue weighted by atomic mass is 16.2. The van der Waals surface area contributed by atoms with Crippen molar-refractivity contribution in [3.63, 3.8) is 0 Å². The van der Waals surface area contributed by atoms with Gasteiger partial charge in [0.25, 0.3) is 0 Å². The molecule has 0 aromatic heterocycles. The summed E-state index contributed by atoms with van der Waals surface area (Å²) in [6, 6.07) is -0.934. The fourth-order valence-electron chi connectivity index (χ4n) is 3.51. The molecule has 0 unspecified atom stereocenters. The quantitative estimate of drug-likeness (QED) is 0.778. The summed E-state index contributed by atoms with van der Waals surface area (Å²) in [6.07, 6.45) is 0. The van der Waals surface area contributed by atoms with Crippen LogP contribution in [-0.2, 0) is 9.59 Å². The minimum atomic E-state index is -0.574. The van der Waals surface area contributed by atoms with Crippen LogP contribution in [0.15, 0.2) is 0 Å². The fraction of sp³-hybridized carbons (Fsp3) is 0.867. The van der Waals surface area contributed by atoms with Crippen molar-refractivity contribution in [2.45, 2.75) is 46.7 Å². The number of carbonyl (C=O) groups excluding carboxylic acids is 2. The molecule has 4 atom stereocenters. The first-order valence-corrected chi connectivity index (χ1v) is 7.31. The summed E-state index contributed by atoms with van der Waals surface area (Å²) in [5, 5.41) is 2.69. The Kier molecular flexibility index (Phi) is 3.40. The average molecular weight is 281 g/mol. The number of likely N-dealkylation sites (N-methyl/N-ethyl adjacent to an activating group) is 1. The van der Waals surface area contributed by atoms with Crippen LogP contribution >= 0.6 is 0 Å². The van der Waals surface area contributed by atoms with E-state index >= 15 is 0 Å². The van der Waals surface area contributed by atoms with E-state index in [1.54, 1.807) is 11.9 Å². The molecular weight excluding hydrogens is 254 g/mol. The van der Waals surface area contributed by atoms with Gasteiger partial charge in [-0.3, -0.25) is 9.59 Å². The Morgan fingerprint density at radius 1 is 1.35 bits per heavy atom. The monoisotopic (exact) mass is 281 g/mol. The van der Waals surface area contributed by atoms with E-state index in [2.05, 4.69) is 19.2 Å². The molecule has 1 aliphatic carbocycles. The van der Waals surface area contributed by atoms with Crippen molar-refractivity contribution in [1.29, 1.82) is 0 Å². The highest BCUT2D eigenvalue weighted by Crippen LogP contribution is 2.64. The molecule has 3 N–H and O–H groups in total. The van der Waals surface area contributed by atoms with E-state index < -0.39 is 6.04 Å². The number of carbonyl (C=O) groups is 2. The molecule has 1 saturated heterocycles. The summed E-state index contributed by atoms with van der Waals surface area (Å²) in [6.45, 7) is 10.8. The summed E-state index contributed by atoms with van der Waals surface area (Å²) in [5.74, 6) is 0.506. The molecule has 114 valence electrons. The van der Waals surface area contributed by atoms with Crippen molar-refractivity contribution in [1.82, 2.24) is 10.2 Å². The summed E-state index contributed by atoms with van der Waals surface area (Å²) < 4.78 is 0. The smallest absolute Gasteiger partial charge is 0.242 e. The zero-order valence-corrected chi connectivity index (χ0v) is 13.4. The Balaban J connectivity index is 2.21. The topological polar surface area (TPSA) is 75.4 Å². The number of rotatable bonds is 2. The maximum absolute atomic E-state index is 12.6. The van der Waals surface area contributed by atoms with Gasteiger partial charge in [-0.15, -0.1) is 0 Å². The lowest BCUT2D eigenvalue weighted by molar-refractivity contribution is -0.142. The Labute approximate surface area is 121 Å². The fourth-order valence-corrected chi connectivity index (χ4v) is 3.51. The van der Waals surface area contributed by atoms with E-state index in [0.29, 0.717) is 12.5 Å². The van der Waals surface area contributed by atoms with Crippen LogP contribution in [0.1, 0.15) is 34.6 Å². The van der Waals surface area contributed by atoms with Crippen LogP contribution in [0, 0.1) is 22.7 Å². The third kappa shape index (κ3) is 2.12. The number of piperidine rings is 1. The molecular formula is C15H27N3O2. The van der Waals surface area contributed by atoms with E-state index in [9.17, 15) is 9.59 Å². The van der Waals surface area contributed by atoms with Gasteiger partial charge in [-0.05, 0) is 22.7 Å². The number of hydrogen-bond donors (Lipinski definition) is 2. The first-order valence-electron chi connectivity index (χ1n) is 7.31. The molecule has 20 heavy (non-hydrogen) atoms. The predicted octanol–water partition coefficient (Wildman–Crippen LogP) is 0.589. The number of hydrogen-bond acceptors (Lipinski definition) is 3. The van der Waals surface area contributed by atoms with Crippen molar-refractivity contribution in [2.24, 2.45) is 28.4 Å². The molecule has 0 aromatic carbocycles. The molecule has 2 amide bonds. The lowest BCUT2D eigenvalue weighted by Crippen LogP contribution is -2.56. The van der Waals surface area contributed by atoms with Crippen LogP contribution < -0.4 is 11.1 Å². The first kappa shape index (κ1) is 15.3. The largest absolute Gasteiger partial charge is 0.357 e. The molecule has 5 nitrogen and oxygen atoms in total. The number of amides is 2. The van der Waals surface area contributed by atoms with E-state index in [1.807, 2.05) is 20.8 Å². The Morgan fingerprint density at radius 3 is 2.35 bits per heavy atom. The van der Waals surface area contributed by atoms with Crippen molar-refractivity contribution >= 4 is 11.8 Å². The maximum Gasteiger partial charge on any atom is 0.242 e. The molecule has 0 radical (unpaired) electrons. The SMILES string of the molecule is CNC(=O)[C@@H]1[C@@H]2[C@H](CN1C(=O)[C@@H](N)C(C)(C)C)C2(C)C. The minimum Gasteiger partial charge on any atom is -0.357 e.